The first-order valence-corrected chi connectivity index (χ1v) is 5.99. The van der Waals surface area contributed by atoms with Crippen LogP contribution in [0.25, 0.3) is 0 Å². The topological polar surface area (TPSA) is 24.5 Å². The minimum Gasteiger partial charge on any atom is -0.378 e. The van der Waals surface area contributed by atoms with Gasteiger partial charge in [-0.3, -0.25) is 0 Å². The summed E-state index contributed by atoms with van der Waals surface area (Å²) in [5, 5.41) is 3.08. The van der Waals surface area contributed by atoms with E-state index in [-0.39, 0.29) is 0 Å². The molecule has 3 heteroatoms. The molecule has 0 amide bonds. The second-order valence-electron chi connectivity index (χ2n) is 2.70. The van der Waals surface area contributed by atoms with Crippen molar-refractivity contribution >= 4 is 0 Å². The number of hydrogen-bond acceptors (Lipinski definition) is 3. The Bertz CT molecular complexity index is 132. The van der Waals surface area contributed by atoms with Crippen LogP contribution in [0.4, 0.5) is 0 Å². The van der Waals surface area contributed by atoms with Gasteiger partial charge in [0.1, 0.15) is 0 Å². The van der Waals surface area contributed by atoms with Crippen LogP contribution in [0.2, 0.25) is 0 Å². The van der Waals surface area contributed by atoms with Gasteiger partial charge >= 0.3 is 0 Å². The van der Waals surface area contributed by atoms with Crippen molar-refractivity contribution in [2.75, 3.05) is 39.9 Å². The van der Waals surface area contributed by atoms with Crippen molar-refractivity contribution in [1.29, 1.82) is 0 Å². The molecule has 0 aromatic carbocycles. The van der Waals surface area contributed by atoms with Gasteiger partial charge in [-0.05, 0) is 7.05 Å². The Kier molecular flexibility index (Phi) is 15.1. The first kappa shape index (κ1) is 16.9. The van der Waals surface area contributed by atoms with E-state index in [2.05, 4.69) is 16.8 Å². The molecule has 1 aliphatic rings. The van der Waals surface area contributed by atoms with Crippen LogP contribution < -0.4 is 5.32 Å². The standard InChI is InChI=1S/C8H16N2O.2C2H6/c1-8(7-9-2)10-3-5-11-6-4-10;2*1-2/h9H,1,3-7H2,2H3;2*1-2H3. The van der Waals surface area contributed by atoms with Crippen molar-refractivity contribution in [2.24, 2.45) is 0 Å². The fourth-order valence-corrected chi connectivity index (χ4v) is 1.20. The monoisotopic (exact) mass is 216 g/mol. The van der Waals surface area contributed by atoms with Gasteiger partial charge in [0, 0.05) is 25.3 Å². The smallest absolute Gasteiger partial charge is 0.0642 e. The predicted molar refractivity (Wildman–Crippen MR) is 68.2 cm³/mol. The Morgan fingerprint density at radius 2 is 1.67 bits per heavy atom. The largest absolute Gasteiger partial charge is 0.378 e. The number of nitrogens with one attached hydrogen (secondary N) is 1. The minimum atomic E-state index is 0.836. The summed E-state index contributed by atoms with van der Waals surface area (Å²) in [4.78, 5) is 2.26. The number of morpholine rings is 1. The lowest BCUT2D eigenvalue weighted by Crippen LogP contribution is -2.37. The molecule has 92 valence electrons. The van der Waals surface area contributed by atoms with Gasteiger partial charge in [0.05, 0.1) is 13.2 Å². The lowest BCUT2D eigenvalue weighted by atomic mass is 10.3. The van der Waals surface area contributed by atoms with Crippen molar-refractivity contribution in [3.05, 3.63) is 12.3 Å². The molecule has 1 N–H and O–H groups in total. The molecular formula is C12H28N2O. The van der Waals surface area contributed by atoms with Crippen LogP contribution in [-0.2, 0) is 4.74 Å². The Hall–Kier alpha value is -0.540. The number of ether oxygens (including phenoxy) is 1. The van der Waals surface area contributed by atoms with Gasteiger partial charge in [-0.15, -0.1) is 0 Å². The lowest BCUT2D eigenvalue weighted by molar-refractivity contribution is 0.0530. The molecule has 0 atom stereocenters. The first-order chi connectivity index (χ1) is 7.34. The van der Waals surface area contributed by atoms with Gasteiger partial charge in [-0.25, -0.2) is 0 Å². The molecule has 1 fully saturated rings. The van der Waals surface area contributed by atoms with Gasteiger partial charge in [0.25, 0.3) is 0 Å². The second-order valence-corrected chi connectivity index (χ2v) is 2.70. The Labute approximate surface area is 95.5 Å². The molecule has 0 radical (unpaired) electrons. The zero-order valence-corrected chi connectivity index (χ0v) is 11.1. The average molecular weight is 216 g/mol. The third-order valence-electron chi connectivity index (χ3n) is 1.84. The van der Waals surface area contributed by atoms with Crippen LogP contribution in [-0.4, -0.2) is 44.8 Å². The van der Waals surface area contributed by atoms with Crippen LogP contribution in [0, 0.1) is 0 Å². The second kappa shape index (κ2) is 13.5. The van der Waals surface area contributed by atoms with Gasteiger partial charge < -0.3 is 15.0 Å². The zero-order chi connectivity index (χ0) is 12.1. The fourth-order valence-electron chi connectivity index (χ4n) is 1.20. The summed E-state index contributed by atoms with van der Waals surface area (Å²) < 4.78 is 5.22. The van der Waals surface area contributed by atoms with Crippen LogP contribution in [0.1, 0.15) is 27.7 Å². The van der Waals surface area contributed by atoms with E-state index in [4.69, 9.17) is 4.74 Å². The molecule has 1 rings (SSSR count). The molecular weight excluding hydrogens is 188 g/mol. The SMILES string of the molecule is C=C(CNC)N1CCOCC1.CC.CC. The molecule has 1 saturated heterocycles. The van der Waals surface area contributed by atoms with E-state index in [9.17, 15) is 0 Å². The molecule has 15 heavy (non-hydrogen) atoms. The third kappa shape index (κ3) is 8.45. The summed E-state index contributed by atoms with van der Waals surface area (Å²) in [7, 11) is 1.94. The van der Waals surface area contributed by atoms with Crippen molar-refractivity contribution in [1.82, 2.24) is 10.2 Å². The summed E-state index contributed by atoms with van der Waals surface area (Å²) in [6.45, 7) is 16.5. The maximum atomic E-state index is 5.22. The molecule has 0 spiro atoms. The molecule has 3 nitrogen and oxygen atoms in total. The summed E-state index contributed by atoms with van der Waals surface area (Å²) in [6, 6.07) is 0. The number of hydrogen-bond donors (Lipinski definition) is 1. The molecule has 0 aromatic rings. The van der Waals surface area contributed by atoms with E-state index in [1.165, 1.54) is 0 Å². The van der Waals surface area contributed by atoms with E-state index in [0.717, 1.165) is 38.5 Å². The molecule has 0 saturated carbocycles. The molecule has 0 unspecified atom stereocenters. The van der Waals surface area contributed by atoms with Crippen LogP contribution in [0.5, 0.6) is 0 Å². The highest BCUT2D eigenvalue weighted by Crippen LogP contribution is 2.03. The number of nitrogens with zero attached hydrogens (tertiary/aromatic N) is 1. The summed E-state index contributed by atoms with van der Waals surface area (Å²) in [5.41, 5.74) is 1.16. The summed E-state index contributed by atoms with van der Waals surface area (Å²) in [6.07, 6.45) is 0. The van der Waals surface area contributed by atoms with Crippen LogP contribution >= 0.6 is 0 Å². The first-order valence-electron chi connectivity index (χ1n) is 5.99. The van der Waals surface area contributed by atoms with E-state index in [1.54, 1.807) is 0 Å². The van der Waals surface area contributed by atoms with E-state index < -0.39 is 0 Å². The van der Waals surface area contributed by atoms with Crippen molar-refractivity contribution in [2.45, 2.75) is 27.7 Å². The highest BCUT2D eigenvalue weighted by molar-refractivity contribution is 4.96. The minimum absolute atomic E-state index is 0.836. The summed E-state index contributed by atoms with van der Waals surface area (Å²) >= 11 is 0. The quantitative estimate of drug-likeness (QED) is 0.782. The molecule has 1 aliphatic heterocycles. The summed E-state index contributed by atoms with van der Waals surface area (Å²) in [5.74, 6) is 0. The Morgan fingerprint density at radius 1 is 1.20 bits per heavy atom. The highest BCUT2D eigenvalue weighted by Gasteiger charge is 2.10. The molecule has 0 aliphatic carbocycles. The van der Waals surface area contributed by atoms with Gasteiger partial charge in [0.15, 0.2) is 0 Å². The predicted octanol–water partition coefficient (Wildman–Crippen LogP) is 2.10. The molecule has 1 heterocycles. The normalized spacial score (nSPS) is 14.3. The van der Waals surface area contributed by atoms with Gasteiger partial charge in [-0.1, -0.05) is 34.3 Å². The van der Waals surface area contributed by atoms with E-state index in [1.807, 2.05) is 34.7 Å². The zero-order valence-electron chi connectivity index (χ0n) is 11.1. The maximum Gasteiger partial charge on any atom is 0.0642 e. The van der Waals surface area contributed by atoms with Crippen molar-refractivity contribution < 1.29 is 4.74 Å². The molecule has 0 aromatic heterocycles. The van der Waals surface area contributed by atoms with Gasteiger partial charge in [0.2, 0.25) is 0 Å². The third-order valence-corrected chi connectivity index (χ3v) is 1.84. The maximum absolute atomic E-state index is 5.22. The number of likely N-dealkylation sites (N-methyl/N-ethyl adjacent to an activating group) is 1. The Morgan fingerprint density at radius 3 is 2.07 bits per heavy atom. The van der Waals surface area contributed by atoms with Gasteiger partial charge in [-0.2, -0.15) is 0 Å². The Balaban J connectivity index is 0. The highest BCUT2D eigenvalue weighted by atomic mass is 16.5. The fraction of sp³-hybridized carbons (Fsp3) is 0.833. The van der Waals surface area contributed by atoms with E-state index in [0.29, 0.717) is 0 Å². The molecule has 0 bridgehead atoms. The van der Waals surface area contributed by atoms with Crippen LogP contribution in [0.3, 0.4) is 0 Å². The van der Waals surface area contributed by atoms with Crippen molar-refractivity contribution in [3.63, 3.8) is 0 Å². The van der Waals surface area contributed by atoms with Crippen molar-refractivity contribution in [3.8, 4) is 0 Å². The van der Waals surface area contributed by atoms with Crippen LogP contribution in [0.15, 0.2) is 12.3 Å². The van der Waals surface area contributed by atoms with E-state index >= 15 is 0 Å². The number of rotatable bonds is 3. The average Bonchev–Trinajstić information content (AvgIpc) is 2.36. The lowest BCUT2D eigenvalue weighted by Gasteiger charge is -2.30.